The molecular weight excluding hydrogens is 412 g/mol. The van der Waals surface area contributed by atoms with Crippen LogP contribution in [0, 0.1) is 5.92 Å². The first-order valence-corrected chi connectivity index (χ1v) is 12.1. The number of carboxylic acid groups (broad SMARTS) is 1. The molecule has 5 atom stereocenters. The fourth-order valence-electron chi connectivity index (χ4n) is 4.47. The highest BCUT2D eigenvalue weighted by molar-refractivity contribution is 8.00. The van der Waals surface area contributed by atoms with E-state index in [1.807, 2.05) is 42.5 Å². The normalized spacial score (nSPS) is 23.2. The summed E-state index contributed by atoms with van der Waals surface area (Å²) in [6, 6.07) is 13.8. The van der Waals surface area contributed by atoms with E-state index >= 15 is 0 Å². The SMILES string of the molecule is CC(O)CS[C@H]1C(O)CC(=O)[C@@H]1CCCCCC(C(=O)O)c1ccc2ccccc2c1. The lowest BCUT2D eigenvalue weighted by atomic mass is 9.90. The Morgan fingerprint density at radius 1 is 1.13 bits per heavy atom. The number of thioether (sulfide) groups is 1. The summed E-state index contributed by atoms with van der Waals surface area (Å²) >= 11 is 1.48. The fraction of sp³-hybridized carbons (Fsp3) is 0.520. The van der Waals surface area contributed by atoms with E-state index in [1.165, 1.54) is 11.8 Å². The zero-order valence-electron chi connectivity index (χ0n) is 17.9. The second kappa shape index (κ2) is 11.1. The molecule has 0 heterocycles. The molecule has 1 fully saturated rings. The fourth-order valence-corrected chi connectivity index (χ4v) is 5.81. The molecule has 2 aromatic carbocycles. The molecule has 0 amide bonds. The van der Waals surface area contributed by atoms with Crippen molar-refractivity contribution >= 4 is 34.3 Å². The molecule has 0 aromatic heterocycles. The highest BCUT2D eigenvalue weighted by Crippen LogP contribution is 2.37. The predicted molar refractivity (Wildman–Crippen MR) is 124 cm³/mol. The first kappa shape index (κ1) is 23.8. The van der Waals surface area contributed by atoms with Gasteiger partial charge in [0.25, 0.3) is 0 Å². The number of aliphatic hydroxyl groups is 2. The topological polar surface area (TPSA) is 94.8 Å². The van der Waals surface area contributed by atoms with Gasteiger partial charge in [-0.3, -0.25) is 9.59 Å². The van der Waals surface area contributed by atoms with Crippen LogP contribution in [0.15, 0.2) is 42.5 Å². The van der Waals surface area contributed by atoms with Crippen molar-refractivity contribution in [3.63, 3.8) is 0 Å². The molecule has 0 saturated heterocycles. The molecule has 1 saturated carbocycles. The van der Waals surface area contributed by atoms with E-state index in [9.17, 15) is 24.9 Å². The number of aliphatic carboxylic acids is 1. The number of Topliss-reactive ketones (excluding diaryl/α,β-unsaturated/α-hetero) is 1. The number of benzene rings is 2. The van der Waals surface area contributed by atoms with E-state index in [-0.39, 0.29) is 23.4 Å². The lowest BCUT2D eigenvalue weighted by molar-refractivity contribution is -0.139. The molecule has 3 N–H and O–H groups in total. The lowest BCUT2D eigenvalue weighted by Crippen LogP contribution is -2.25. The third kappa shape index (κ3) is 6.31. The van der Waals surface area contributed by atoms with Gasteiger partial charge in [-0.05, 0) is 36.1 Å². The van der Waals surface area contributed by atoms with E-state index < -0.39 is 24.1 Å². The molecule has 0 radical (unpaired) electrons. The van der Waals surface area contributed by atoms with Gasteiger partial charge in [0.15, 0.2) is 0 Å². The Balaban J connectivity index is 1.50. The first-order chi connectivity index (χ1) is 14.9. The molecule has 3 rings (SSSR count). The van der Waals surface area contributed by atoms with Crippen molar-refractivity contribution in [1.29, 1.82) is 0 Å². The molecule has 0 aliphatic heterocycles. The number of ketones is 1. The Morgan fingerprint density at radius 3 is 2.58 bits per heavy atom. The van der Waals surface area contributed by atoms with Gasteiger partial charge in [-0.1, -0.05) is 61.7 Å². The molecule has 0 bridgehead atoms. The van der Waals surface area contributed by atoms with Crippen LogP contribution in [0.2, 0.25) is 0 Å². The minimum Gasteiger partial charge on any atom is -0.481 e. The van der Waals surface area contributed by atoms with Gasteiger partial charge in [0.1, 0.15) is 5.78 Å². The summed E-state index contributed by atoms with van der Waals surface area (Å²) in [6.45, 7) is 1.71. The summed E-state index contributed by atoms with van der Waals surface area (Å²) < 4.78 is 0. The third-order valence-corrected chi connectivity index (χ3v) is 7.81. The zero-order valence-corrected chi connectivity index (χ0v) is 18.8. The van der Waals surface area contributed by atoms with Gasteiger partial charge in [0, 0.05) is 23.3 Å². The highest BCUT2D eigenvalue weighted by atomic mass is 32.2. The summed E-state index contributed by atoms with van der Waals surface area (Å²) in [5.41, 5.74) is 0.829. The Labute approximate surface area is 187 Å². The molecule has 1 aliphatic carbocycles. The Morgan fingerprint density at radius 2 is 1.87 bits per heavy atom. The van der Waals surface area contributed by atoms with Crippen LogP contribution < -0.4 is 0 Å². The van der Waals surface area contributed by atoms with Crippen molar-refractivity contribution in [1.82, 2.24) is 0 Å². The van der Waals surface area contributed by atoms with Crippen molar-refractivity contribution < 1.29 is 24.9 Å². The van der Waals surface area contributed by atoms with Crippen LogP contribution >= 0.6 is 11.8 Å². The number of hydrogen-bond donors (Lipinski definition) is 3. The largest absolute Gasteiger partial charge is 0.481 e. The van der Waals surface area contributed by atoms with Crippen LogP contribution in [0.3, 0.4) is 0 Å². The van der Waals surface area contributed by atoms with E-state index in [0.29, 0.717) is 18.6 Å². The van der Waals surface area contributed by atoms with Crippen molar-refractivity contribution in [2.75, 3.05) is 5.75 Å². The zero-order chi connectivity index (χ0) is 22.4. The van der Waals surface area contributed by atoms with E-state index in [0.717, 1.165) is 35.6 Å². The molecule has 2 aromatic rings. The average molecular weight is 445 g/mol. The number of fused-ring (bicyclic) bond motifs is 1. The van der Waals surface area contributed by atoms with Crippen LogP contribution in [-0.2, 0) is 9.59 Å². The number of carbonyl (C=O) groups excluding carboxylic acids is 1. The molecule has 168 valence electrons. The van der Waals surface area contributed by atoms with Crippen LogP contribution in [0.5, 0.6) is 0 Å². The van der Waals surface area contributed by atoms with Gasteiger partial charge >= 0.3 is 5.97 Å². The van der Waals surface area contributed by atoms with E-state index in [4.69, 9.17) is 0 Å². The number of rotatable bonds is 11. The standard InChI is InChI=1S/C25H32O5S/c1-16(26)15-31-24-21(22(27)14-23(24)28)10-4-2-3-9-20(25(29)30)19-12-11-17-7-5-6-8-18(17)13-19/h5-8,11-13,16,20-21,23-24,26,28H,2-4,9-10,14-15H2,1H3,(H,29,30)/t16?,20?,21-,23?,24+/m0/s1. The number of unbranched alkanes of at least 4 members (excludes halogenated alkanes) is 2. The predicted octanol–water partition coefficient (Wildman–Crippen LogP) is 4.39. The van der Waals surface area contributed by atoms with Crippen molar-refractivity contribution in [2.24, 2.45) is 5.92 Å². The Kier molecular flexibility index (Phi) is 8.52. The number of aliphatic hydroxyl groups excluding tert-OH is 2. The number of hydrogen-bond acceptors (Lipinski definition) is 5. The first-order valence-electron chi connectivity index (χ1n) is 11.1. The molecule has 6 heteroatoms. The smallest absolute Gasteiger partial charge is 0.310 e. The number of carboxylic acids is 1. The summed E-state index contributed by atoms with van der Waals surface area (Å²) in [5, 5.41) is 31.4. The maximum absolute atomic E-state index is 12.3. The summed E-state index contributed by atoms with van der Waals surface area (Å²) in [6.07, 6.45) is 2.84. The van der Waals surface area contributed by atoms with Crippen molar-refractivity contribution in [3.8, 4) is 0 Å². The van der Waals surface area contributed by atoms with Crippen LogP contribution in [-0.4, -0.2) is 50.3 Å². The Hall–Kier alpha value is -1.89. The number of carbonyl (C=O) groups is 2. The van der Waals surface area contributed by atoms with Crippen LogP contribution in [0.25, 0.3) is 10.8 Å². The molecule has 1 aliphatic rings. The summed E-state index contributed by atoms with van der Waals surface area (Å²) in [5.74, 6) is -0.894. The average Bonchev–Trinajstić information content (AvgIpc) is 3.00. The molecule has 3 unspecified atom stereocenters. The monoisotopic (exact) mass is 444 g/mol. The maximum atomic E-state index is 12.3. The van der Waals surface area contributed by atoms with Gasteiger partial charge in [-0.2, -0.15) is 11.8 Å². The quantitative estimate of drug-likeness (QED) is 0.445. The molecule has 31 heavy (non-hydrogen) atoms. The summed E-state index contributed by atoms with van der Waals surface area (Å²) in [4.78, 5) is 24.1. The Bertz CT molecular complexity index is 896. The van der Waals surface area contributed by atoms with Gasteiger partial charge < -0.3 is 15.3 Å². The third-order valence-electron chi connectivity index (χ3n) is 6.11. The lowest BCUT2D eigenvalue weighted by Gasteiger charge is -2.21. The van der Waals surface area contributed by atoms with E-state index in [2.05, 4.69) is 0 Å². The van der Waals surface area contributed by atoms with Gasteiger partial charge in [0.2, 0.25) is 0 Å². The minimum atomic E-state index is -0.807. The van der Waals surface area contributed by atoms with Crippen molar-refractivity contribution in [3.05, 3.63) is 48.0 Å². The molecule has 5 nitrogen and oxygen atoms in total. The molecule has 0 spiro atoms. The second-order valence-corrected chi connectivity index (χ2v) is 9.84. The second-order valence-electron chi connectivity index (χ2n) is 8.63. The maximum Gasteiger partial charge on any atom is 0.310 e. The van der Waals surface area contributed by atoms with Crippen LogP contribution in [0.1, 0.15) is 56.9 Å². The highest BCUT2D eigenvalue weighted by Gasteiger charge is 2.41. The minimum absolute atomic E-state index is 0.107. The summed E-state index contributed by atoms with van der Waals surface area (Å²) in [7, 11) is 0. The van der Waals surface area contributed by atoms with Crippen molar-refractivity contribution in [2.45, 2.75) is 68.8 Å². The van der Waals surface area contributed by atoms with E-state index in [1.54, 1.807) is 6.92 Å². The molecular formula is C25H32O5S. The van der Waals surface area contributed by atoms with Gasteiger partial charge in [-0.25, -0.2) is 0 Å². The van der Waals surface area contributed by atoms with Crippen LogP contribution in [0.4, 0.5) is 0 Å². The van der Waals surface area contributed by atoms with Gasteiger partial charge in [0.05, 0.1) is 18.1 Å². The van der Waals surface area contributed by atoms with Gasteiger partial charge in [-0.15, -0.1) is 0 Å².